The zero-order valence-electron chi connectivity index (χ0n) is 11.4. The van der Waals surface area contributed by atoms with Crippen LogP contribution >= 0.6 is 11.3 Å². The summed E-state index contributed by atoms with van der Waals surface area (Å²) in [5.41, 5.74) is 2.80. The highest BCUT2D eigenvalue weighted by atomic mass is 32.1. The third kappa shape index (κ3) is 2.48. The number of fused-ring (bicyclic) bond motifs is 1. The maximum absolute atomic E-state index is 12.3. The molecular weight excluding hydrogens is 306 g/mol. The van der Waals surface area contributed by atoms with Gasteiger partial charge in [0.25, 0.3) is 5.91 Å². The topological polar surface area (TPSA) is 98.7 Å². The molecule has 1 aliphatic heterocycles. The Bertz CT molecular complexity index is 757. The number of carboxylic acid groups (broad SMARTS) is 1. The SMILES string of the molecule is O=C(O)C(C(=O)NN1CCNC1=O)c1csc2ccccc12. The van der Waals surface area contributed by atoms with Crippen molar-refractivity contribution in [1.82, 2.24) is 15.8 Å². The fourth-order valence-corrected chi connectivity index (χ4v) is 3.37. The fourth-order valence-electron chi connectivity index (χ4n) is 2.38. The van der Waals surface area contributed by atoms with E-state index in [1.165, 1.54) is 11.3 Å². The number of nitrogens with one attached hydrogen (secondary N) is 2. The second-order valence-corrected chi connectivity index (χ2v) is 5.73. The smallest absolute Gasteiger partial charge is 0.336 e. The van der Waals surface area contributed by atoms with E-state index in [1.807, 2.05) is 12.1 Å². The minimum absolute atomic E-state index is 0.307. The lowest BCUT2D eigenvalue weighted by Gasteiger charge is -2.18. The Morgan fingerprint density at radius 1 is 1.36 bits per heavy atom. The average molecular weight is 319 g/mol. The lowest BCUT2D eigenvalue weighted by atomic mass is 9.98. The molecule has 0 radical (unpaired) electrons. The lowest BCUT2D eigenvalue weighted by molar-refractivity contribution is -0.144. The van der Waals surface area contributed by atoms with Crippen molar-refractivity contribution in [3.05, 3.63) is 35.2 Å². The Kier molecular flexibility index (Phi) is 3.68. The molecule has 3 amide bonds. The van der Waals surface area contributed by atoms with Gasteiger partial charge in [-0.25, -0.2) is 9.80 Å². The molecule has 2 heterocycles. The zero-order chi connectivity index (χ0) is 15.7. The number of benzene rings is 1. The lowest BCUT2D eigenvalue weighted by Crippen LogP contribution is -2.47. The molecule has 114 valence electrons. The minimum Gasteiger partial charge on any atom is -0.480 e. The van der Waals surface area contributed by atoms with Gasteiger partial charge in [0.05, 0.1) is 6.54 Å². The predicted octanol–water partition coefficient (Wildman–Crippen LogP) is 1.13. The zero-order valence-corrected chi connectivity index (χ0v) is 12.2. The van der Waals surface area contributed by atoms with E-state index in [2.05, 4.69) is 10.7 Å². The van der Waals surface area contributed by atoms with E-state index < -0.39 is 23.8 Å². The molecule has 1 saturated heterocycles. The number of hydrogen-bond donors (Lipinski definition) is 3. The van der Waals surface area contributed by atoms with E-state index in [1.54, 1.807) is 17.5 Å². The van der Waals surface area contributed by atoms with Gasteiger partial charge in [-0.2, -0.15) is 0 Å². The van der Waals surface area contributed by atoms with E-state index >= 15 is 0 Å². The van der Waals surface area contributed by atoms with Gasteiger partial charge in [-0.05, 0) is 22.4 Å². The van der Waals surface area contributed by atoms with Gasteiger partial charge >= 0.3 is 12.0 Å². The van der Waals surface area contributed by atoms with Crippen LogP contribution in [0.2, 0.25) is 0 Å². The number of amides is 3. The third-order valence-electron chi connectivity index (χ3n) is 3.43. The number of hydrogen-bond acceptors (Lipinski definition) is 4. The largest absolute Gasteiger partial charge is 0.480 e. The molecule has 2 aromatic rings. The number of urea groups is 1. The van der Waals surface area contributed by atoms with Crippen LogP contribution in [0.3, 0.4) is 0 Å². The molecule has 7 nitrogen and oxygen atoms in total. The van der Waals surface area contributed by atoms with Gasteiger partial charge in [0.2, 0.25) is 0 Å². The molecule has 1 unspecified atom stereocenters. The van der Waals surface area contributed by atoms with E-state index in [0.29, 0.717) is 18.7 Å². The van der Waals surface area contributed by atoms with Crippen LogP contribution in [0.5, 0.6) is 0 Å². The normalized spacial score (nSPS) is 15.6. The summed E-state index contributed by atoms with van der Waals surface area (Å²) in [6, 6.07) is 6.87. The van der Waals surface area contributed by atoms with Gasteiger partial charge in [0, 0.05) is 11.2 Å². The molecule has 8 heteroatoms. The Balaban J connectivity index is 1.91. The van der Waals surface area contributed by atoms with E-state index in [4.69, 9.17) is 0 Å². The number of thiophene rings is 1. The number of carboxylic acids is 1. The number of aliphatic carboxylic acids is 1. The quantitative estimate of drug-likeness (QED) is 0.736. The maximum Gasteiger partial charge on any atom is 0.336 e. The van der Waals surface area contributed by atoms with Crippen LogP contribution in [-0.2, 0) is 9.59 Å². The summed E-state index contributed by atoms with van der Waals surface area (Å²) in [6.45, 7) is 0.722. The highest BCUT2D eigenvalue weighted by Crippen LogP contribution is 2.31. The summed E-state index contributed by atoms with van der Waals surface area (Å²) in [4.78, 5) is 35.3. The molecule has 1 aliphatic rings. The molecule has 1 aromatic heterocycles. The van der Waals surface area contributed by atoms with Crippen LogP contribution < -0.4 is 10.7 Å². The molecule has 1 fully saturated rings. The van der Waals surface area contributed by atoms with Crippen LogP contribution in [-0.4, -0.2) is 41.1 Å². The monoisotopic (exact) mass is 319 g/mol. The Morgan fingerprint density at radius 3 is 2.82 bits per heavy atom. The van der Waals surface area contributed by atoms with Crippen molar-refractivity contribution in [2.45, 2.75) is 5.92 Å². The van der Waals surface area contributed by atoms with Crippen molar-refractivity contribution >= 4 is 39.3 Å². The Hall–Kier alpha value is -2.61. The van der Waals surface area contributed by atoms with Crippen molar-refractivity contribution in [3.63, 3.8) is 0 Å². The second-order valence-electron chi connectivity index (χ2n) is 4.82. The number of nitrogens with zero attached hydrogens (tertiary/aromatic N) is 1. The average Bonchev–Trinajstić information content (AvgIpc) is 3.07. The molecule has 1 aromatic carbocycles. The summed E-state index contributed by atoms with van der Waals surface area (Å²) in [6.07, 6.45) is 0. The van der Waals surface area contributed by atoms with Crippen molar-refractivity contribution in [2.24, 2.45) is 0 Å². The standard InChI is InChI=1S/C14H13N3O4S/c18-12(16-17-6-5-15-14(17)21)11(13(19)20)9-7-22-10-4-2-1-3-8(9)10/h1-4,7,11H,5-6H2,(H,15,21)(H,16,18)(H,19,20). The Labute approximate surface area is 129 Å². The van der Waals surface area contributed by atoms with Crippen LogP contribution in [0.15, 0.2) is 29.6 Å². The maximum atomic E-state index is 12.3. The third-order valence-corrected chi connectivity index (χ3v) is 4.41. The van der Waals surface area contributed by atoms with Gasteiger partial charge in [-0.1, -0.05) is 18.2 Å². The Morgan fingerprint density at radius 2 is 2.14 bits per heavy atom. The first-order valence-electron chi connectivity index (χ1n) is 6.62. The van der Waals surface area contributed by atoms with Gasteiger partial charge in [-0.15, -0.1) is 11.3 Å². The van der Waals surface area contributed by atoms with Crippen LogP contribution in [0, 0.1) is 0 Å². The molecule has 0 saturated carbocycles. The minimum atomic E-state index is -1.36. The van der Waals surface area contributed by atoms with Crippen LogP contribution in [0.25, 0.3) is 10.1 Å². The van der Waals surface area contributed by atoms with E-state index in [9.17, 15) is 19.5 Å². The van der Waals surface area contributed by atoms with Crippen LogP contribution in [0.4, 0.5) is 4.79 Å². The van der Waals surface area contributed by atoms with E-state index in [0.717, 1.165) is 15.1 Å². The molecule has 0 bridgehead atoms. The molecule has 3 rings (SSSR count). The number of hydrazine groups is 1. The highest BCUT2D eigenvalue weighted by Gasteiger charge is 2.33. The van der Waals surface area contributed by atoms with Crippen molar-refractivity contribution in [1.29, 1.82) is 0 Å². The van der Waals surface area contributed by atoms with Crippen molar-refractivity contribution < 1.29 is 19.5 Å². The fraction of sp³-hybridized carbons (Fsp3) is 0.214. The molecule has 0 spiro atoms. The first-order valence-corrected chi connectivity index (χ1v) is 7.50. The van der Waals surface area contributed by atoms with Crippen molar-refractivity contribution in [3.8, 4) is 0 Å². The van der Waals surface area contributed by atoms with Gasteiger partial charge in [0.1, 0.15) is 0 Å². The first-order chi connectivity index (χ1) is 10.6. The molecule has 22 heavy (non-hydrogen) atoms. The summed E-state index contributed by atoms with van der Waals surface area (Å²) >= 11 is 1.38. The number of carbonyl (C=O) groups is 3. The van der Waals surface area contributed by atoms with E-state index in [-0.39, 0.29) is 0 Å². The second kappa shape index (κ2) is 5.64. The first kappa shape index (κ1) is 14.3. The number of carbonyl (C=O) groups excluding carboxylic acids is 2. The van der Waals surface area contributed by atoms with Gasteiger partial charge in [0.15, 0.2) is 5.92 Å². The number of rotatable bonds is 4. The summed E-state index contributed by atoms with van der Waals surface area (Å²) in [7, 11) is 0. The van der Waals surface area contributed by atoms with Gasteiger partial charge < -0.3 is 10.4 Å². The summed E-state index contributed by atoms with van der Waals surface area (Å²) < 4.78 is 0.912. The summed E-state index contributed by atoms with van der Waals surface area (Å²) in [5, 5.41) is 15.5. The molecule has 0 aliphatic carbocycles. The summed E-state index contributed by atoms with van der Waals surface area (Å²) in [5.74, 6) is -3.33. The predicted molar refractivity (Wildman–Crippen MR) is 80.4 cm³/mol. The van der Waals surface area contributed by atoms with Crippen LogP contribution in [0.1, 0.15) is 11.5 Å². The highest BCUT2D eigenvalue weighted by molar-refractivity contribution is 7.17. The van der Waals surface area contributed by atoms with Crippen molar-refractivity contribution in [2.75, 3.05) is 13.1 Å². The van der Waals surface area contributed by atoms with Gasteiger partial charge in [-0.3, -0.25) is 15.0 Å². The molecule has 1 atom stereocenters. The molecule has 3 N–H and O–H groups in total. The molecular formula is C14H13N3O4S.